The van der Waals surface area contributed by atoms with E-state index in [4.69, 9.17) is 9.47 Å². The third-order valence-electron chi connectivity index (χ3n) is 3.08. The lowest BCUT2D eigenvalue weighted by Crippen LogP contribution is -2.16. The van der Waals surface area contributed by atoms with Gasteiger partial charge in [0.15, 0.2) is 17.3 Å². The summed E-state index contributed by atoms with van der Waals surface area (Å²) in [6.45, 7) is 0. The van der Waals surface area contributed by atoms with E-state index in [0.29, 0.717) is 22.7 Å². The maximum Gasteiger partial charge on any atom is 0.232 e. The van der Waals surface area contributed by atoms with E-state index < -0.39 is 0 Å². The van der Waals surface area contributed by atoms with Crippen LogP contribution >= 0.6 is 0 Å². The SMILES string of the molecule is COc1ccc(NC(=O)CC(=O)c2ccccc2)cc1OC. The molecule has 0 heterocycles. The van der Waals surface area contributed by atoms with Crippen molar-refractivity contribution in [3.63, 3.8) is 0 Å². The third-order valence-corrected chi connectivity index (χ3v) is 3.08. The van der Waals surface area contributed by atoms with E-state index in [-0.39, 0.29) is 18.1 Å². The van der Waals surface area contributed by atoms with E-state index in [1.807, 2.05) is 6.07 Å². The summed E-state index contributed by atoms with van der Waals surface area (Å²) in [5.74, 6) is 0.482. The Morgan fingerprint density at radius 2 is 1.64 bits per heavy atom. The van der Waals surface area contributed by atoms with Crippen LogP contribution in [0.25, 0.3) is 0 Å². The van der Waals surface area contributed by atoms with Gasteiger partial charge < -0.3 is 14.8 Å². The van der Waals surface area contributed by atoms with Crippen LogP contribution in [0.5, 0.6) is 11.5 Å². The van der Waals surface area contributed by atoms with E-state index in [0.717, 1.165) is 0 Å². The van der Waals surface area contributed by atoms with Crippen molar-refractivity contribution in [2.45, 2.75) is 6.42 Å². The number of methoxy groups -OCH3 is 2. The number of ketones is 1. The molecule has 0 radical (unpaired) electrons. The van der Waals surface area contributed by atoms with Crippen molar-refractivity contribution in [1.82, 2.24) is 0 Å². The van der Waals surface area contributed by atoms with Gasteiger partial charge in [-0.1, -0.05) is 30.3 Å². The van der Waals surface area contributed by atoms with Crippen molar-refractivity contribution in [2.24, 2.45) is 0 Å². The zero-order chi connectivity index (χ0) is 15.9. The molecule has 0 aliphatic heterocycles. The van der Waals surface area contributed by atoms with E-state index >= 15 is 0 Å². The van der Waals surface area contributed by atoms with Crippen LogP contribution < -0.4 is 14.8 Å². The first-order chi connectivity index (χ1) is 10.6. The molecule has 2 aromatic rings. The molecule has 1 N–H and O–H groups in total. The molecule has 0 fully saturated rings. The standard InChI is InChI=1S/C17H17NO4/c1-21-15-9-8-13(10-16(15)22-2)18-17(20)11-14(19)12-6-4-3-5-7-12/h3-10H,11H2,1-2H3,(H,18,20). The first-order valence-corrected chi connectivity index (χ1v) is 6.74. The summed E-state index contributed by atoms with van der Waals surface area (Å²) >= 11 is 0. The number of amides is 1. The minimum atomic E-state index is -0.374. The number of hydrogen-bond donors (Lipinski definition) is 1. The van der Waals surface area contributed by atoms with Crippen LogP contribution in [0.3, 0.4) is 0 Å². The van der Waals surface area contributed by atoms with Gasteiger partial charge in [0, 0.05) is 17.3 Å². The molecule has 0 aromatic heterocycles. The molecule has 114 valence electrons. The van der Waals surface area contributed by atoms with E-state index in [1.54, 1.807) is 42.5 Å². The minimum absolute atomic E-state index is 0.210. The Bertz CT molecular complexity index is 668. The normalized spacial score (nSPS) is 9.91. The van der Waals surface area contributed by atoms with Crippen molar-refractivity contribution in [3.05, 3.63) is 54.1 Å². The summed E-state index contributed by atoms with van der Waals surface area (Å²) < 4.78 is 10.3. The van der Waals surface area contributed by atoms with Gasteiger partial charge in [-0.15, -0.1) is 0 Å². The number of benzene rings is 2. The van der Waals surface area contributed by atoms with Crippen LogP contribution in [0, 0.1) is 0 Å². The molecule has 2 aromatic carbocycles. The Balaban J connectivity index is 2.02. The largest absolute Gasteiger partial charge is 0.493 e. The molecule has 0 spiro atoms. The third kappa shape index (κ3) is 3.85. The Morgan fingerprint density at radius 1 is 0.955 bits per heavy atom. The molecule has 22 heavy (non-hydrogen) atoms. The number of rotatable bonds is 6. The predicted molar refractivity (Wildman–Crippen MR) is 83.6 cm³/mol. The lowest BCUT2D eigenvalue weighted by molar-refractivity contribution is -0.115. The van der Waals surface area contributed by atoms with Gasteiger partial charge in [-0.3, -0.25) is 9.59 Å². The first kappa shape index (κ1) is 15.6. The molecule has 5 heteroatoms. The van der Waals surface area contributed by atoms with Crippen LogP contribution in [0.1, 0.15) is 16.8 Å². The van der Waals surface area contributed by atoms with Crippen LogP contribution in [0.2, 0.25) is 0 Å². The van der Waals surface area contributed by atoms with E-state index in [1.165, 1.54) is 14.2 Å². The molecule has 1 amide bonds. The quantitative estimate of drug-likeness (QED) is 0.658. The second-order valence-corrected chi connectivity index (χ2v) is 4.58. The maximum atomic E-state index is 12.0. The van der Waals surface area contributed by atoms with Crippen molar-refractivity contribution < 1.29 is 19.1 Å². The average Bonchev–Trinajstić information content (AvgIpc) is 2.55. The minimum Gasteiger partial charge on any atom is -0.493 e. The van der Waals surface area contributed by atoms with Gasteiger partial charge in [0.05, 0.1) is 20.6 Å². The highest BCUT2D eigenvalue weighted by Gasteiger charge is 2.12. The lowest BCUT2D eigenvalue weighted by atomic mass is 10.1. The Hall–Kier alpha value is -2.82. The Labute approximate surface area is 128 Å². The number of ether oxygens (including phenoxy) is 2. The van der Waals surface area contributed by atoms with Gasteiger partial charge in [0.1, 0.15) is 0 Å². The Morgan fingerprint density at radius 3 is 2.27 bits per heavy atom. The van der Waals surface area contributed by atoms with Gasteiger partial charge in [0.2, 0.25) is 5.91 Å². The van der Waals surface area contributed by atoms with Gasteiger partial charge in [0.25, 0.3) is 0 Å². The molecular weight excluding hydrogens is 282 g/mol. The second kappa shape index (κ2) is 7.26. The number of Topliss-reactive ketones (excluding diaryl/α,β-unsaturated/α-hetero) is 1. The molecule has 0 bridgehead atoms. The number of carbonyl (C=O) groups is 2. The zero-order valence-corrected chi connectivity index (χ0v) is 12.5. The topological polar surface area (TPSA) is 64.6 Å². The summed E-state index contributed by atoms with van der Waals surface area (Å²) in [6.07, 6.45) is -0.210. The fourth-order valence-corrected chi connectivity index (χ4v) is 1.99. The van der Waals surface area contributed by atoms with Gasteiger partial charge in [-0.2, -0.15) is 0 Å². The number of anilines is 1. The van der Waals surface area contributed by atoms with E-state index in [2.05, 4.69) is 5.32 Å². The van der Waals surface area contributed by atoms with Crippen LogP contribution in [0.15, 0.2) is 48.5 Å². The van der Waals surface area contributed by atoms with Crippen molar-refractivity contribution >= 4 is 17.4 Å². The fourth-order valence-electron chi connectivity index (χ4n) is 1.99. The molecule has 0 aliphatic carbocycles. The predicted octanol–water partition coefficient (Wildman–Crippen LogP) is 2.92. The highest BCUT2D eigenvalue weighted by molar-refractivity contribution is 6.11. The molecule has 5 nitrogen and oxygen atoms in total. The van der Waals surface area contributed by atoms with Gasteiger partial charge >= 0.3 is 0 Å². The van der Waals surface area contributed by atoms with E-state index in [9.17, 15) is 9.59 Å². The van der Waals surface area contributed by atoms with Crippen LogP contribution in [0.4, 0.5) is 5.69 Å². The van der Waals surface area contributed by atoms with Crippen LogP contribution in [-0.4, -0.2) is 25.9 Å². The highest BCUT2D eigenvalue weighted by Crippen LogP contribution is 2.29. The fraction of sp³-hybridized carbons (Fsp3) is 0.176. The highest BCUT2D eigenvalue weighted by atomic mass is 16.5. The van der Waals surface area contributed by atoms with Crippen molar-refractivity contribution in [3.8, 4) is 11.5 Å². The molecule has 0 atom stereocenters. The monoisotopic (exact) mass is 299 g/mol. The molecule has 0 unspecified atom stereocenters. The average molecular weight is 299 g/mol. The van der Waals surface area contributed by atoms with Crippen molar-refractivity contribution in [1.29, 1.82) is 0 Å². The molecule has 0 saturated heterocycles. The summed E-state index contributed by atoms with van der Waals surface area (Å²) in [5.41, 5.74) is 1.06. The van der Waals surface area contributed by atoms with Gasteiger partial charge in [-0.25, -0.2) is 0 Å². The second-order valence-electron chi connectivity index (χ2n) is 4.58. The molecular formula is C17H17NO4. The summed E-state index contributed by atoms with van der Waals surface area (Å²) in [6, 6.07) is 13.7. The number of carbonyl (C=O) groups excluding carboxylic acids is 2. The van der Waals surface area contributed by atoms with Gasteiger partial charge in [-0.05, 0) is 12.1 Å². The summed E-state index contributed by atoms with van der Waals surface area (Å²) in [5, 5.41) is 2.67. The Kier molecular flexibility index (Phi) is 5.14. The summed E-state index contributed by atoms with van der Waals surface area (Å²) in [4.78, 5) is 23.9. The first-order valence-electron chi connectivity index (χ1n) is 6.74. The lowest BCUT2D eigenvalue weighted by Gasteiger charge is -2.10. The van der Waals surface area contributed by atoms with Crippen LogP contribution in [-0.2, 0) is 4.79 Å². The number of hydrogen-bond acceptors (Lipinski definition) is 4. The molecule has 0 aliphatic rings. The summed E-state index contributed by atoms with van der Waals surface area (Å²) in [7, 11) is 3.05. The molecule has 0 saturated carbocycles. The maximum absolute atomic E-state index is 12.0. The van der Waals surface area contributed by atoms with Crippen molar-refractivity contribution in [2.75, 3.05) is 19.5 Å². The molecule has 2 rings (SSSR count). The number of nitrogens with one attached hydrogen (secondary N) is 1. The zero-order valence-electron chi connectivity index (χ0n) is 12.5. The smallest absolute Gasteiger partial charge is 0.232 e.